The number of hydrogen-bond acceptors (Lipinski definition) is 8. The van der Waals surface area contributed by atoms with Crippen molar-refractivity contribution in [2.75, 3.05) is 25.2 Å². The highest BCUT2D eigenvalue weighted by Gasteiger charge is 2.08. The van der Waals surface area contributed by atoms with Gasteiger partial charge in [-0.15, -0.1) is 11.3 Å². The summed E-state index contributed by atoms with van der Waals surface area (Å²) in [5, 5.41) is 15.3. The van der Waals surface area contributed by atoms with E-state index >= 15 is 0 Å². The molecule has 8 heteroatoms. The molecule has 0 unspecified atom stereocenters. The summed E-state index contributed by atoms with van der Waals surface area (Å²) in [5.74, 6) is 0.340. The van der Waals surface area contributed by atoms with E-state index < -0.39 is 0 Å². The number of rotatable bonds is 9. The van der Waals surface area contributed by atoms with Crippen LogP contribution < -0.4 is 10.2 Å². The Morgan fingerprint density at radius 2 is 2.29 bits per heavy atom. The molecule has 0 saturated heterocycles. The Morgan fingerprint density at radius 1 is 1.46 bits per heavy atom. The summed E-state index contributed by atoms with van der Waals surface area (Å²) in [5.41, 5.74) is 4.24. The van der Waals surface area contributed by atoms with E-state index in [9.17, 15) is 4.79 Å². The molecule has 0 amide bonds. The van der Waals surface area contributed by atoms with Crippen LogP contribution in [0.1, 0.15) is 18.2 Å². The number of hydrazone groups is 1. The lowest BCUT2D eigenvalue weighted by Crippen LogP contribution is -2.07. The number of aliphatic hydroxyl groups excluding tert-OH is 1. The number of thiazole rings is 1. The topological polar surface area (TPSA) is 93.0 Å². The molecular formula is C16H19N3O4S. The minimum atomic E-state index is -0.298. The lowest BCUT2D eigenvalue weighted by Gasteiger charge is -2.06. The van der Waals surface area contributed by atoms with E-state index in [0.717, 1.165) is 5.56 Å². The maximum absolute atomic E-state index is 11.4. The summed E-state index contributed by atoms with van der Waals surface area (Å²) >= 11 is 1.35. The Kier molecular flexibility index (Phi) is 7.19. The van der Waals surface area contributed by atoms with Gasteiger partial charge in [-0.3, -0.25) is 10.2 Å². The zero-order valence-electron chi connectivity index (χ0n) is 13.3. The third-order valence-corrected chi connectivity index (χ3v) is 3.61. The van der Waals surface area contributed by atoms with E-state index in [1.165, 1.54) is 11.3 Å². The third-order valence-electron chi connectivity index (χ3n) is 2.81. The van der Waals surface area contributed by atoms with Gasteiger partial charge in [0.2, 0.25) is 5.13 Å². The summed E-state index contributed by atoms with van der Waals surface area (Å²) < 4.78 is 10.3. The molecule has 1 aromatic heterocycles. The number of para-hydroxylation sites is 1. The van der Waals surface area contributed by atoms with Gasteiger partial charge in [-0.05, 0) is 19.1 Å². The van der Waals surface area contributed by atoms with Crippen LogP contribution >= 0.6 is 11.3 Å². The maximum atomic E-state index is 11.4. The van der Waals surface area contributed by atoms with Crippen LogP contribution in [0, 0.1) is 0 Å². The van der Waals surface area contributed by atoms with Crippen LogP contribution in [0.4, 0.5) is 5.13 Å². The van der Waals surface area contributed by atoms with Crippen molar-refractivity contribution in [1.29, 1.82) is 0 Å². The summed E-state index contributed by atoms with van der Waals surface area (Å²) in [4.78, 5) is 15.7. The third kappa shape index (κ3) is 5.64. The van der Waals surface area contributed by atoms with Crippen molar-refractivity contribution in [2.45, 2.75) is 13.3 Å². The van der Waals surface area contributed by atoms with Crippen LogP contribution in [0.2, 0.25) is 0 Å². The predicted molar refractivity (Wildman–Crippen MR) is 92.7 cm³/mol. The average molecular weight is 349 g/mol. The second-order valence-electron chi connectivity index (χ2n) is 4.61. The molecule has 24 heavy (non-hydrogen) atoms. The highest BCUT2D eigenvalue weighted by atomic mass is 32.1. The number of esters is 1. The van der Waals surface area contributed by atoms with Crippen molar-refractivity contribution < 1.29 is 19.4 Å². The smallest absolute Gasteiger partial charge is 0.311 e. The number of ether oxygens (including phenoxy) is 2. The van der Waals surface area contributed by atoms with Gasteiger partial charge in [0.1, 0.15) is 12.4 Å². The Labute approximate surface area is 144 Å². The lowest BCUT2D eigenvalue weighted by atomic mass is 10.2. The van der Waals surface area contributed by atoms with Gasteiger partial charge in [0.25, 0.3) is 0 Å². The van der Waals surface area contributed by atoms with Crippen molar-refractivity contribution >= 4 is 28.7 Å². The number of carbonyl (C=O) groups excluding carboxylic acids is 1. The Hall–Kier alpha value is -2.45. The predicted octanol–water partition coefficient (Wildman–Crippen LogP) is 2.07. The first-order valence-electron chi connectivity index (χ1n) is 7.44. The van der Waals surface area contributed by atoms with Gasteiger partial charge >= 0.3 is 5.97 Å². The number of hydrogen-bond donors (Lipinski definition) is 2. The quantitative estimate of drug-likeness (QED) is 0.409. The molecular weight excluding hydrogens is 330 g/mol. The maximum Gasteiger partial charge on any atom is 0.311 e. The fourth-order valence-corrected chi connectivity index (χ4v) is 2.49. The van der Waals surface area contributed by atoms with Crippen LogP contribution in [0.5, 0.6) is 5.75 Å². The lowest BCUT2D eigenvalue weighted by molar-refractivity contribution is -0.142. The molecule has 0 saturated carbocycles. The van der Waals surface area contributed by atoms with E-state index in [4.69, 9.17) is 14.6 Å². The molecule has 0 spiro atoms. The summed E-state index contributed by atoms with van der Waals surface area (Å²) in [6.07, 6.45) is 1.76. The summed E-state index contributed by atoms with van der Waals surface area (Å²) in [7, 11) is 0. The zero-order chi connectivity index (χ0) is 17.2. The summed E-state index contributed by atoms with van der Waals surface area (Å²) in [6, 6.07) is 7.37. The highest BCUT2D eigenvalue weighted by Crippen LogP contribution is 2.18. The average Bonchev–Trinajstić information content (AvgIpc) is 3.01. The number of anilines is 1. The summed E-state index contributed by atoms with van der Waals surface area (Å²) in [6.45, 7) is 2.30. The second-order valence-corrected chi connectivity index (χ2v) is 5.46. The molecule has 7 nitrogen and oxygen atoms in total. The molecule has 1 aromatic carbocycles. The first kappa shape index (κ1) is 17.9. The molecule has 0 aliphatic carbocycles. The van der Waals surface area contributed by atoms with Gasteiger partial charge in [0.15, 0.2) is 0 Å². The zero-order valence-corrected chi connectivity index (χ0v) is 14.1. The Balaban J connectivity index is 1.92. The van der Waals surface area contributed by atoms with E-state index in [1.54, 1.807) is 24.6 Å². The number of nitrogens with one attached hydrogen (secondary N) is 1. The van der Waals surface area contributed by atoms with Gasteiger partial charge in [0.05, 0.1) is 31.5 Å². The molecule has 0 aliphatic rings. The van der Waals surface area contributed by atoms with Crippen LogP contribution in [0.25, 0.3) is 0 Å². The van der Waals surface area contributed by atoms with Crippen molar-refractivity contribution in [3.05, 3.63) is 40.9 Å². The largest absolute Gasteiger partial charge is 0.491 e. The van der Waals surface area contributed by atoms with E-state index in [2.05, 4.69) is 15.5 Å². The standard InChI is InChI=1S/C16H19N3O4S/c1-2-22-15(21)9-13-11-24-16(18-13)19-17-10-12-5-3-4-6-14(12)23-8-7-20/h3-6,10-11,20H,2,7-9H2,1H3,(H,18,19). The molecule has 0 aliphatic heterocycles. The fraction of sp³-hybridized carbons (Fsp3) is 0.312. The van der Waals surface area contributed by atoms with Crippen LogP contribution in [-0.2, 0) is 16.0 Å². The van der Waals surface area contributed by atoms with Crippen molar-refractivity contribution in [2.24, 2.45) is 5.10 Å². The molecule has 0 radical (unpaired) electrons. The van der Waals surface area contributed by atoms with Gasteiger partial charge in [-0.2, -0.15) is 5.10 Å². The number of nitrogens with zero attached hydrogens (tertiary/aromatic N) is 2. The fourth-order valence-electron chi connectivity index (χ4n) is 1.83. The molecule has 0 fully saturated rings. The molecule has 0 atom stereocenters. The first-order chi connectivity index (χ1) is 11.7. The number of benzene rings is 1. The van der Waals surface area contributed by atoms with Crippen LogP contribution in [-0.4, -0.2) is 42.1 Å². The first-order valence-corrected chi connectivity index (χ1v) is 8.32. The normalized spacial score (nSPS) is 10.8. The molecule has 2 N–H and O–H groups in total. The minimum Gasteiger partial charge on any atom is -0.491 e. The van der Waals surface area contributed by atoms with Crippen LogP contribution in [0.3, 0.4) is 0 Å². The van der Waals surface area contributed by atoms with E-state index in [-0.39, 0.29) is 25.6 Å². The molecule has 1 heterocycles. The van der Waals surface area contributed by atoms with Gasteiger partial charge in [0, 0.05) is 10.9 Å². The van der Waals surface area contributed by atoms with E-state index in [0.29, 0.717) is 23.2 Å². The van der Waals surface area contributed by atoms with Gasteiger partial charge in [-0.1, -0.05) is 12.1 Å². The van der Waals surface area contributed by atoms with Crippen molar-refractivity contribution in [3.63, 3.8) is 0 Å². The molecule has 2 aromatic rings. The number of aliphatic hydroxyl groups is 1. The molecule has 128 valence electrons. The molecule has 2 rings (SSSR count). The van der Waals surface area contributed by atoms with Gasteiger partial charge in [-0.25, -0.2) is 4.98 Å². The highest BCUT2D eigenvalue weighted by molar-refractivity contribution is 7.13. The Bertz CT molecular complexity index is 687. The van der Waals surface area contributed by atoms with Crippen molar-refractivity contribution in [1.82, 2.24) is 4.98 Å². The number of carbonyl (C=O) groups is 1. The second kappa shape index (κ2) is 9.64. The van der Waals surface area contributed by atoms with Gasteiger partial charge < -0.3 is 14.6 Å². The van der Waals surface area contributed by atoms with E-state index in [1.807, 2.05) is 18.2 Å². The van der Waals surface area contributed by atoms with Crippen molar-refractivity contribution in [3.8, 4) is 5.75 Å². The minimum absolute atomic E-state index is 0.0495. The number of aromatic nitrogens is 1. The SMILES string of the molecule is CCOC(=O)Cc1csc(NN=Cc2ccccc2OCCO)n1. The Morgan fingerprint density at radius 3 is 3.08 bits per heavy atom. The van der Waals surface area contributed by atoms with Crippen LogP contribution in [0.15, 0.2) is 34.7 Å². The monoisotopic (exact) mass is 349 g/mol. The molecule has 0 bridgehead atoms.